The minimum atomic E-state index is -0.884. The van der Waals surface area contributed by atoms with Crippen molar-refractivity contribution in [2.45, 2.75) is 12.8 Å². The van der Waals surface area contributed by atoms with Crippen LogP contribution >= 0.6 is 0 Å². The summed E-state index contributed by atoms with van der Waals surface area (Å²) >= 11 is 0. The van der Waals surface area contributed by atoms with E-state index in [0.29, 0.717) is 17.6 Å². The first-order valence-electron chi connectivity index (χ1n) is 2.80. The van der Waals surface area contributed by atoms with E-state index in [4.69, 9.17) is 10.2 Å². The van der Waals surface area contributed by atoms with Gasteiger partial charge in [-0.05, 0) is 18.4 Å². The van der Waals surface area contributed by atoms with Gasteiger partial charge in [0.15, 0.2) is 0 Å². The minimum absolute atomic E-state index is 0.0956. The van der Waals surface area contributed by atoms with Crippen molar-refractivity contribution in [2.75, 3.05) is 6.61 Å². The molecule has 0 unspecified atom stereocenters. The highest BCUT2D eigenvalue weighted by atomic mass is 16.4. The Kier molecular flexibility index (Phi) is 1.53. The summed E-state index contributed by atoms with van der Waals surface area (Å²) < 4.78 is 0. The van der Waals surface area contributed by atoms with Crippen LogP contribution in [0.2, 0.25) is 0 Å². The van der Waals surface area contributed by atoms with Crippen molar-refractivity contribution in [1.29, 1.82) is 0 Å². The van der Waals surface area contributed by atoms with E-state index in [1.54, 1.807) is 0 Å². The van der Waals surface area contributed by atoms with Crippen LogP contribution in [0.15, 0.2) is 11.1 Å². The fraction of sp³-hybridized carbons (Fsp3) is 0.500. The molecular formula is C6H8O3. The number of carboxylic acid groups (broad SMARTS) is 1. The fourth-order valence-electron chi connectivity index (χ4n) is 0.859. The van der Waals surface area contributed by atoms with Gasteiger partial charge in [0.1, 0.15) is 0 Å². The first-order chi connectivity index (χ1) is 4.25. The van der Waals surface area contributed by atoms with Crippen LogP contribution in [0.4, 0.5) is 0 Å². The number of rotatable bonds is 2. The van der Waals surface area contributed by atoms with E-state index in [1.165, 1.54) is 0 Å². The predicted octanol–water partition coefficient (Wildman–Crippen LogP) is 0.154. The average Bonchev–Trinajstić information content (AvgIpc) is 1.61. The summed E-state index contributed by atoms with van der Waals surface area (Å²) in [4.78, 5) is 10.2. The van der Waals surface area contributed by atoms with E-state index in [9.17, 15) is 4.79 Å². The van der Waals surface area contributed by atoms with Crippen molar-refractivity contribution in [3.63, 3.8) is 0 Å². The zero-order chi connectivity index (χ0) is 6.85. The van der Waals surface area contributed by atoms with Gasteiger partial charge in [-0.15, -0.1) is 0 Å². The lowest BCUT2D eigenvalue weighted by Crippen LogP contribution is -2.15. The Morgan fingerprint density at radius 3 is 2.33 bits per heavy atom. The van der Waals surface area contributed by atoms with Crippen LogP contribution in [0.25, 0.3) is 0 Å². The van der Waals surface area contributed by atoms with Crippen LogP contribution in [0.3, 0.4) is 0 Å². The van der Waals surface area contributed by atoms with Gasteiger partial charge in [-0.1, -0.05) is 0 Å². The number of aliphatic hydroxyl groups is 1. The highest BCUT2D eigenvalue weighted by Gasteiger charge is 2.21. The Hall–Kier alpha value is -0.830. The maximum Gasteiger partial charge on any atom is 0.331 e. The van der Waals surface area contributed by atoms with Gasteiger partial charge in [-0.3, -0.25) is 0 Å². The van der Waals surface area contributed by atoms with Crippen LogP contribution in [-0.4, -0.2) is 22.8 Å². The zero-order valence-electron chi connectivity index (χ0n) is 4.92. The first-order valence-corrected chi connectivity index (χ1v) is 2.80. The summed E-state index contributed by atoms with van der Waals surface area (Å²) in [5, 5.41) is 16.8. The Morgan fingerprint density at radius 2 is 2.22 bits per heavy atom. The van der Waals surface area contributed by atoms with Crippen molar-refractivity contribution in [1.82, 2.24) is 0 Å². The quantitative estimate of drug-likeness (QED) is 0.556. The molecule has 1 aliphatic rings. The molecule has 0 saturated heterocycles. The summed E-state index contributed by atoms with van der Waals surface area (Å²) in [5.41, 5.74) is 1.08. The molecule has 1 aliphatic carbocycles. The van der Waals surface area contributed by atoms with E-state index in [-0.39, 0.29) is 6.61 Å². The summed E-state index contributed by atoms with van der Waals surface area (Å²) in [6.45, 7) is -0.0956. The second-order valence-electron chi connectivity index (χ2n) is 2.05. The number of carbonyl (C=O) groups is 1. The van der Waals surface area contributed by atoms with Crippen LogP contribution in [0, 0.1) is 0 Å². The molecule has 0 amide bonds. The first kappa shape index (κ1) is 6.29. The van der Waals surface area contributed by atoms with Crippen molar-refractivity contribution in [2.24, 2.45) is 0 Å². The molecule has 0 aromatic rings. The topological polar surface area (TPSA) is 57.5 Å². The lowest BCUT2D eigenvalue weighted by molar-refractivity contribution is -0.133. The zero-order valence-corrected chi connectivity index (χ0v) is 4.92. The van der Waals surface area contributed by atoms with Crippen LogP contribution in [0.1, 0.15) is 12.8 Å². The molecule has 0 spiro atoms. The molecule has 50 valence electrons. The largest absolute Gasteiger partial charge is 0.478 e. The third-order valence-electron chi connectivity index (χ3n) is 1.55. The van der Waals surface area contributed by atoms with Gasteiger partial charge >= 0.3 is 5.97 Å². The van der Waals surface area contributed by atoms with Gasteiger partial charge < -0.3 is 10.2 Å². The number of hydrogen-bond acceptors (Lipinski definition) is 2. The summed E-state index contributed by atoms with van der Waals surface area (Å²) in [7, 11) is 0. The van der Waals surface area contributed by atoms with E-state index in [0.717, 1.165) is 6.42 Å². The molecule has 9 heavy (non-hydrogen) atoms. The number of aliphatic hydroxyl groups excluding tert-OH is 1. The molecular weight excluding hydrogens is 120 g/mol. The molecule has 0 aromatic carbocycles. The Balaban J connectivity index is 2.70. The lowest BCUT2D eigenvalue weighted by atomic mass is 9.89. The lowest BCUT2D eigenvalue weighted by Gasteiger charge is -2.17. The molecule has 0 aromatic heterocycles. The van der Waals surface area contributed by atoms with Crippen LogP contribution in [0.5, 0.6) is 0 Å². The molecule has 3 nitrogen and oxygen atoms in total. The van der Waals surface area contributed by atoms with Gasteiger partial charge in [0.2, 0.25) is 0 Å². The van der Waals surface area contributed by atoms with Gasteiger partial charge in [0, 0.05) is 5.57 Å². The Bertz CT molecular complexity index is 169. The second kappa shape index (κ2) is 2.19. The minimum Gasteiger partial charge on any atom is -0.478 e. The normalized spacial score (nSPS) is 17.4. The van der Waals surface area contributed by atoms with Crippen molar-refractivity contribution in [3.8, 4) is 0 Å². The number of carboxylic acids is 1. The number of hydrogen-bond donors (Lipinski definition) is 2. The molecule has 0 saturated carbocycles. The van der Waals surface area contributed by atoms with E-state index < -0.39 is 5.97 Å². The fourth-order valence-corrected chi connectivity index (χ4v) is 0.859. The Labute approximate surface area is 52.6 Å². The predicted molar refractivity (Wildman–Crippen MR) is 31.0 cm³/mol. The highest BCUT2D eigenvalue weighted by Crippen LogP contribution is 2.26. The monoisotopic (exact) mass is 128 g/mol. The second-order valence-corrected chi connectivity index (χ2v) is 2.05. The highest BCUT2D eigenvalue weighted by molar-refractivity contribution is 5.89. The molecule has 0 aliphatic heterocycles. The molecule has 1 rings (SSSR count). The molecule has 3 heteroatoms. The molecule has 0 atom stereocenters. The smallest absolute Gasteiger partial charge is 0.331 e. The maximum absolute atomic E-state index is 10.2. The van der Waals surface area contributed by atoms with Gasteiger partial charge in [-0.25, -0.2) is 4.79 Å². The van der Waals surface area contributed by atoms with E-state index in [2.05, 4.69) is 0 Å². The summed E-state index contributed by atoms with van der Waals surface area (Å²) in [5.74, 6) is -0.884. The van der Waals surface area contributed by atoms with Gasteiger partial charge in [0.05, 0.1) is 6.61 Å². The molecule has 0 fully saturated rings. The molecule has 0 bridgehead atoms. The third kappa shape index (κ3) is 0.954. The summed E-state index contributed by atoms with van der Waals surface area (Å²) in [6.07, 6.45) is 1.36. The van der Waals surface area contributed by atoms with Crippen molar-refractivity contribution in [3.05, 3.63) is 11.1 Å². The van der Waals surface area contributed by atoms with Crippen molar-refractivity contribution < 1.29 is 15.0 Å². The van der Waals surface area contributed by atoms with E-state index >= 15 is 0 Å². The standard InChI is InChI=1S/C6H8O3/c7-3-4-1-2-5(4)6(8)9/h7H,1-3H2,(H,8,9). The molecule has 0 radical (unpaired) electrons. The van der Waals surface area contributed by atoms with Crippen LogP contribution in [-0.2, 0) is 4.79 Å². The third-order valence-corrected chi connectivity index (χ3v) is 1.55. The van der Waals surface area contributed by atoms with Crippen LogP contribution < -0.4 is 0 Å². The molecule has 2 N–H and O–H groups in total. The van der Waals surface area contributed by atoms with Gasteiger partial charge in [0.25, 0.3) is 0 Å². The van der Waals surface area contributed by atoms with Crippen molar-refractivity contribution >= 4 is 5.97 Å². The molecule has 0 heterocycles. The SMILES string of the molecule is O=C(O)C1=C(CO)CC1. The average molecular weight is 128 g/mol. The number of aliphatic carboxylic acids is 1. The maximum atomic E-state index is 10.2. The van der Waals surface area contributed by atoms with Gasteiger partial charge in [-0.2, -0.15) is 0 Å². The Morgan fingerprint density at radius 1 is 1.56 bits per heavy atom. The van der Waals surface area contributed by atoms with E-state index in [1.807, 2.05) is 0 Å². The summed E-state index contributed by atoms with van der Waals surface area (Å²) in [6, 6.07) is 0.